The molecule has 0 saturated carbocycles. The molecule has 3 aromatic carbocycles. The molecule has 0 aliphatic heterocycles. The Hall–Kier alpha value is -3.71. The van der Waals surface area contributed by atoms with Crippen LogP contribution in [-0.4, -0.2) is 22.6 Å². The molecule has 4 rings (SSSR count). The molecule has 1 aromatic heterocycles. The van der Waals surface area contributed by atoms with Crippen molar-refractivity contribution in [3.8, 4) is 17.2 Å². The van der Waals surface area contributed by atoms with Gasteiger partial charge in [0.05, 0.1) is 0 Å². The van der Waals surface area contributed by atoms with Gasteiger partial charge in [-0.15, -0.1) is 0 Å². The van der Waals surface area contributed by atoms with Crippen molar-refractivity contribution < 1.29 is 13.9 Å². The number of carbonyl (C=O) groups excluding carboxylic acids is 1. The first-order valence-corrected chi connectivity index (χ1v) is 10.2. The molecule has 0 saturated heterocycles. The van der Waals surface area contributed by atoms with Crippen LogP contribution in [0.1, 0.15) is 11.1 Å². The summed E-state index contributed by atoms with van der Waals surface area (Å²) in [5.74, 6) is 0.804. The van der Waals surface area contributed by atoms with Gasteiger partial charge in [0, 0.05) is 11.3 Å². The molecule has 1 amide bonds. The molecule has 1 heterocycles. The third kappa shape index (κ3) is 5.07. The van der Waals surface area contributed by atoms with Crippen LogP contribution in [0.15, 0.2) is 71.1 Å². The Morgan fingerprint density at radius 1 is 1.06 bits per heavy atom. The third-order valence-corrected chi connectivity index (χ3v) is 4.87. The van der Waals surface area contributed by atoms with E-state index >= 15 is 0 Å². The third-order valence-electron chi connectivity index (χ3n) is 4.67. The molecule has 0 unspecified atom stereocenters. The first-order valence-electron chi connectivity index (χ1n) is 9.75. The van der Waals surface area contributed by atoms with Gasteiger partial charge in [0.2, 0.25) is 5.89 Å². The van der Waals surface area contributed by atoms with E-state index in [1.165, 1.54) is 0 Å². The van der Waals surface area contributed by atoms with E-state index in [0.717, 1.165) is 33.5 Å². The van der Waals surface area contributed by atoms with Gasteiger partial charge in [-0.25, -0.2) is 4.98 Å². The number of benzene rings is 3. The van der Waals surface area contributed by atoms with E-state index in [-0.39, 0.29) is 17.6 Å². The van der Waals surface area contributed by atoms with E-state index in [4.69, 9.17) is 21.4 Å². The van der Waals surface area contributed by atoms with Gasteiger partial charge in [0.25, 0.3) is 5.91 Å². The highest BCUT2D eigenvalue weighted by Crippen LogP contribution is 2.27. The van der Waals surface area contributed by atoms with Crippen LogP contribution in [0, 0.1) is 13.8 Å². The fraction of sp³-hybridized carbons (Fsp3) is 0.125. The van der Waals surface area contributed by atoms with E-state index in [9.17, 15) is 4.79 Å². The summed E-state index contributed by atoms with van der Waals surface area (Å²) < 4.78 is 11.3. The number of aryl methyl sites for hydroxylation is 2. The fourth-order valence-corrected chi connectivity index (χ4v) is 3.21. The standard InChI is InChI=1S/C24H21N3O3S/c1-15-7-11-18(12-8-15)29-14-22(28)27-24(31)26-20-13-17(10-9-16(20)2)23-25-19-5-3-4-6-21(19)30-23/h3-13H,14H2,1-2H3,(H2,26,27,28,31). The average molecular weight is 432 g/mol. The zero-order valence-electron chi connectivity index (χ0n) is 17.1. The number of hydrogen-bond acceptors (Lipinski definition) is 5. The van der Waals surface area contributed by atoms with Crippen molar-refractivity contribution in [3.63, 3.8) is 0 Å². The fourth-order valence-electron chi connectivity index (χ4n) is 2.99. The zero-order valence-corrected chi connectivity index (χ0v) is 18.0. The van der Waals surface area contributed by atoms with Crippen molar-refractivity contribution in [1.82, 2.24) is 10.3 Å². The molecule has 4 aromatic rings. The summed E-state index contributed by atoms with van der Waals surface area (Å²) in [6, 6.07) is 20.9. The lowest BCUT2D eigenvalue weighted by atomic mass is 10.1. The summed E-state index contributed by atoms with van der Waals surface area (Å²) >= 11 is 5.29. The Bertz CT molecular complexity index is 1220. The summed E-state index contributed by atoms with van der Waals surface area (Å²) in [6.07, 6.45) is 0. The molecule has 31 heavy (non-hydrogen) atoms. The second-order valence-corrected chi connectivity index (χ2v) is 7.53. The van der Waals surface area contributed by atoms with Gasteiger partial charge < -0.3 is 14.5 Å². The molecular formula is C24H21N3O3S. The lowest BCUT2D eigenvalue weighted by molar-refractivity contribution is -0.121. The summed E-state index contributed by atoms with van der Waals surface area (Å²) in [7, 11) is 0. The minimum atomic E-state index is -0.342. The second kappa shape index (κ2) is 8.97. The number of fused-ring (bicyclic) bond motifs is 1. The van der Waals surface area contributed by atoms with Gasteiger partial charge in [-0.3, -0.25) is 10.1 Å². The van der Waals surface area contributed by atoms with Crippen molar-refractivity contribution in [2.45, 2.75) is 13.8 Å². The number of para-hydroxylation sites is 2. The van der Waals surface area contributed by atoms with Gasteiger partial charge in [-0.2, -0.15) is 0 Å². The highest BCUT2D eigenvalue weighted by molar-refractivity contribution is 7.80. The minimum Gasteiger partial charge on any atom is -0.484 e. The van der Waals surface area contributed by atoms with Crippen LogP contribution in [0.5, 0.6) is 5.75 Å². The number of rotatable bonds is 5. The minimum absolute atomic E-state index is 0.132. The molecule has 0 bridgehead atoms. The average Bonchev–Trinajstić information content (AvgIpc) is 3.19. The van der Waals surface area contributed by atoms with E-state index in [1.807, 2.05) is 80.6 Å². The predicted octanol–water partition coefficient (Wildman–Crippen LogP) is 5.00. The van der Waals surface area contributed by atoms with Crippen LogP contribution in [0.25, 0.3) is 22.6 Å². The Kier molecular flexibility index (Phi) is 5.95. The molecule has 6 nitrogen and oxygen atoms in total. The van der Waals surface area contributed by atoms with E-state index < -0.39 is 0 Å². The van der Waals surface area contributed by atoms with E-state index in [0.29, 0.717) is 11.6 Å². The number of nitrogens with zero attached hydrogens (tertiary/aromatic N) is 1. The maximum Gasteiger partial charge on any atom is 0.264 e. The smallest absolute Gasteiger partial charge is 0.264 e. The summed E-state index contributed by atoms with van der Waals surface area (Å²) in [5, 5.41) is 5.89. The quantitative estimate of drug-likeness (QED) is 0.433. The van der Waals surface area contributed by atoms with Crippen molar-refractivity contribution in [2.24, 2.45) is 0 Å². The number of amides is 1. The maximum absolute atomic E-state index is 12.2. The molecule has 0 atom stereocenters. The van der Waals surface area contributed by atoms with Gasteiger partial charge in [0.1, 0.15) is 11.3 Å². The largest absolute Gasteiger partial charge is 0.484 e. The second-order valence-electron chi connectivity index (χ2n) is 7.12. The Morgan fingerprint density at radius 3 is 2.61 bits per heavy atom. The first kappa shape index (κ1) is 20.6. The summed E-state index contributed by atoms with van der Waals surface area (Å²) in [5.41, 5.74) is 5.17. The monoisotopic (exact) mass is 431 g/mol. The highest BCUT2D eigenvalue weighted by atomic mass is 32.1. The van der Waals surface area contributed by atoms with Gasteiger partial charge in [-0.05, 0) is 68.0 Å². The SMILES string of the molecule is Cc1ccc(OCC(=O)NC(=S)Nc2cc(-c3nc4ccccc4o3)ccc2C)cc1. The first-order chi connectivity index (χ1) is 15.0. The molecule has 0 fully saturated rings. The molecule has 2 N–H and O–H groups in total. The van der Waals surface area contributed by atoms with Crippen LogP contribution < -0.4 is 15.4 Å². The van der Waals surface area contributed by atoms with Crippen molar-refractivity contribution in [2.75, 3.05) is 11.9 Å². The molecule has 7 heteroatoms. The van der Waals surface area contributed by atoms with Gasteiger partial charge >= 0.3 is 0 Å². The number of hydrogen-bond donors (Lipinski definition) is 2. The van der Waals surface area contributed by atoms with Crippen molar-refractivity contribution >= 4 is 40.0 Å². The number of ether oxygens (including phenoxy) is 1. The number of aromatic nitrogens is 1. The Balaban J connectivity index is 1.40. The lowest BCUT2D eigenvalue weighted by Gasteiger charge is -2.13. The topological polar surface area (TPSA) is 76.4 Å². The van der Waals surface area contributed by atoms with Gasteiger partial charge in [0.15, 0.2) is 17.3 Å². The Morgan fingerprint density at radius 2 is 1.84 bits per heavy atom. The number of nitrogens with one attached hydrogen (secondary N) is 2. The molecule has 0 aliphatic carbocycles. The Labute approximate surface area is 185 Å². The normalized spacial score (nSPS) is 10.6. The van der Waals surface area contributed by atoms with Crippen molar-refractivity contribution in [1.29, 1.82) is 0 Å². The number of carbonyl (C=O) groups is 1. The van der Waals surface area contributed by atoms with Gasteiger partial charge in [-0.1, -0.05) is 35.9 Å². The number of thiocarbonyl (C=S) groups is 1. The summed E-state index contributed by atoms with van der Waals surface area (Å²) in [6.45, 7) is 3.80. The zero-order chi connectivity index (χ0) is 21.8. The number of anilines is 1. The van der Waals surface area contributed by atoms with Crippen LogP contribution in [0.3, 0.4) is 0 Å². The molecule has 0 aliphatic rings. The van der Waals surface area contributed by atoms with Crippen LogP contribution in [-0.2, 0) is 4.79 Å². The molecule has 0 spiro atoms. The lowest BCUT2D eigenvalue weighted by Crippen LogP contribution is -2.37. The van der Waals surface area contributed by atoms with Crippen LogP contribution in [0.2, 0.25) is 0 Å². The number of oxazole rings is 1. The highest BCUT2D eigenvalue weighted by Gasteiger charge is 2.12. The van der Waals surface area contributed by atoms with E-state index in [1.54, 1.807) is 0 Å². The van der Waals surface area contributed by atoms with E-state index in [2.05, 4.69) is 15.6 Å². The summed E-state index contributed by atoms with van der Waals surface area (Å²) in [4.78, 5) is 16.7. The maximum atomic E-state index is 12.2. The van der Waals surface area contributed by atoms with Crippen LogP contribution in [0.4, 0.5) is 5.69 Å². The molecule has 0 radical (unpaired) electrons. The molecule has 156 valence electrons. The van der Waals surface area contributed by atoms with Crippen molar-refractivity contribution in [3.05, 3.63) is 77.9 Å². The predicted molar refractivity (Wildman–Crippen MR) is 125 cm³/mol. The molecular weight excluding hydrogens is 410 g/mol. The van der Waals surface area contributed by atoms with Crippen LogP contribution >= 0.6 is 12.2 Å².